The zero-order chi connectivity index (χ0) is 13.1. The molecule has 0 fully saturated rings. The monoisotopic (exact) mass is 266 g/mol. The molecule has 0 aliphatic rings. The van der Waals surface area contributed by atoms with Crippen molar-refractivity contribution >= 4 is 10.1 Å². The molecular formula is C12H26O4S. The molecule has 0 bridgehead atoms. The third-order valence-electron chi connectivity index (χ3n) is 2.77. The van der Waals surface area contributed by atoms with Gasteiger partial charge < -0.3 is 4.74 Å². The van der Waals surface area contributed by atoms with Crippen LogP contribution in [0.1, 0.15) is 65.2 Å². The molecule has 17 heavy (non-hydrogen) atoms. The Balaban J connectivity index is 3.24. The van der Waals surface area contributed by atoms with Crippen molar-refractivity contribution in [2.45, 2.75) is 70.7 Å². The van der Waals surface area contributed by atoms with Gasteiger partial charge in [-0.05, 0) is 13.3 Å². The number of ether oxygens (including phenoxy) is 1. The molecule has 104 valence electrons. The van der Waals surface area contributed by atoms with E-state index in [1.165, 1.54) is 45.4 Å². The first kappa shape index (κ1) is 16.9. The van der Waals surface area contributed by atoms with Crippen molar-refractivity contribution in [3.63, 3.8) is 0 Å². The van der Waals surface area contributed by atoms with E-state index in [1.807, 2.05) is 0 Å². The minimum absolute atomic E-state index is 0.399. The topological polar surface area (TPSA) is 63.6 Å². The van der Waals surface area contributed by atoms with Gasteiger partial charge in [-0.25, -0.2) is 0 Å². The molecular weight excluding hydrogens is 240 g/mol. The highest BCUT2D eigenvalue weighted by molar-refractivity contribution is 7.86. The standard InChI is InChI=1S/C12H26O4S/c1-3-4-5-6-7-8-9-10-11-16-12(2)17(13,14)15/h12H,3-11H2,1-2H3,(H,13,14,15). The van der Waals surface area contributed by atoms with E-state index in [0.29, 0.717) is 6.61 Å². The van der Waals surface area contributed by atoms with Gasteiger partial charge in [-0.15, -0.1) is 0 Å². The summed E-state index contributed by atoms with van der Waals surface area (Å²) >= 11 is 0. The van der Waals surface area contributed by atoms with Gasteiger partial charge >= 0.3 is 0 Å². The van der Waals surface area contributed by atoms with Crippen molar-refractivity contribution < 1.29 is 17.7 Å². The molecule has 0 aliphatic carbocycles. The molecule has 0 aromatic rings. The fourth-order valence-electron chi connectivity index (χ4n) is 1.57. The molecule has 0 amide bonds. The van der Waals surface area contributed by atoms with Crippen molar-refractivity contribution in [3.05, 3.63) is 0 Å². The van der Waals surface area contributed by atoms with Gasteiger partial charge in [0.25, 0.3) is 10.1 Å². The van der Waals surface area contributed by atoms with Gasteiger partial charge in [0.1, 0.15) is 0 Å². The normalized spacial score (nSPS) is 13.8. The van der Waals surface area contributed by atoms with Gasteiger partial charge in [0.2, 0.25) is 0 Å². The second-order valence-electron chi connectivity index (χ2n) is 4.43. The van der Waals surface area contributed by atoms with E-state index in [2.05, 4.69) is 6.92 Å². The molecule has 0 spiro atoms. The Kier molecular flexibility index (Phi) is 9.78. The van der Waals surface area contributed by atoms with Crippen LogP contribution in [0.25, 0.3) is 0 Å². The Labute approximate surface area is 105 Å². The van der Waals surface area contributed by atoms with Crippen LogP contribution < -0.4 is 0 Å². The molecule has 0 rings (SSSR count). The Morgan fingerprint density at radius 1 is 1.00 bits per heavy atom. The quantitative estimate of drug-likeness (QED) is 0.460. The van der Waals surface area contributed by atoms with Crippen molar-refractivity contribution in [3.8, 4) is 0 Å². The second-order valence-corrected chi connectivity index (χ2v) is 6.12. The molecule has 0 heterocycles. The summed E-state index contributed by atoms with van der Waals surface area (Å²) in [6.07, 6.45) is 9.51. The minimum atomic E-state index is -4.03. The third kappa shape index (κ3) is 10.7. The van der Waals surface area contributed by atoms with Gasteiger partial charge in [-0.1, -0.05) is 51.9 Å². The predicted molar refractivity (Wildman–Crippen MR) is 69.6 cm³/mol. The first-order chi connectivity index (χ1) is 7.98. The lowest BCUT2D eigenvalue weighted by molar-refractivity contribution is 0.106. The van der Waals surface area contributed by atoms with Crippen LogP contribution in [0.3, 0.4) is 0 Å². The second kappa shape index (κ2) is 9.85. The van der Waals surface area contributed by atoms with Crippen LogP contribution in [0.15, 0.2) is 0 Å². The van der Waals surface area contributed by atoms with E-state index in [-0.39, 0.29) is 0 Å². The van der Waals surface area contributed by atoms with Crippen molar-refractivity contribution in [1.29, 1.82) is 0 Å². The molecule has 1 N–H and O–H groups in total. The maximum absolute atomic E-state index is 10.6. The van der Waals surface area contributed by atoms with E-state index in [4.69, 9.17) is 9.29 Å². The zero-order valence-electron chi connectivity index (χ0n) is 11.0. The van der Waals surface area contributed by atoms with Crippen LogP contribution in [-0.2, 0) is 14.9 Å². The summed E-state index contributed by atoms with van der Waals surface area (Å²) in [5.41, 5.74) is -1.10. The van der Waals surface area contributed by atoms with Crippen molar-refractivity contribution in [1.82, 2.24) is 0 Å². The Morgan fingerprint density at radius 3 is 1.94 bits per heavy atom. The van der Waals surface area contributed by atoms with Crippen LogP contribution >= 0.6 is 0 Å². The summed E-state index contributed by atoms with van der Waals surface area (Å²) < 4.78 is 34.9. The van der Waals surface area contributed by atoms with Gasteiger partial charge in [0, 0.05) is 6.61 Å². The summed E-state index contributed by atoms with van der Waals surface area (Å²) in [6.45, 7) is 3.95. The lowest BCUT2D eigenvalue weighted by Gasteiger charge is -2.09. The van der Waals surface area contributed by atoms with Gasteiger partial charge in [-0.3, -0.25) is 4.55 Å². The third-order valence-corrected chi connectivity index (χ3v) is 3.74. The Bertz CT molecular complexity index is 262. The van der Waals surface area contributed by atoms with Crippen molar-refractivity contribution in [2.24, 2.45) is 0 Å². The van der Waals surface area contributed by atoms with E-state index in [0.717, 1.165) is 12.8 Å². The maximum atomic E-state index is 10.6. The van der Waals surface area contributed by atoms with Gasteiger partial charge in [-0.2, -0.15) is 8.42 Å². The summed E-state index contributed by atoms with van der Waals surface area (Å²) in [6, 6.07) is 0. The van der Waals surface area contributed by atoms with Crippen molar-refractivity contribution in [2.75, 3.05) is 6.61 Å². The first-order valence-electron chi connectivity index (χ1n) is 6.56. The van der Waals surface area contributed by atoms with E-state index < -0.39 is 15.6 Å². The van der Waals surface area contributed by atoms with Gasteiger partial charge in [0.05, 0.1) is 0 Å². The average molecular weight is 266 g/mol. The van der Waals surface area contributed by atoms with Crippen LogP contribution in [0.5, 0.6) is 0 Å². The fourth-order valence-corrected chi connectivity index (χ4v) is 1.84. The highest BCUT2D eigenvalue weighted by Gasteiger charge is 2.16. The van der Waals surface area contributed by atoms with Gasteiger partial charge in [0.15, 0.2) is 5.44 Å². The number of hydrogen-bond donors (Lipinski definition) is 1. The smallest absolute Gasteiger partial charge is 0.291 e. The SMILES string of the molecule is CCCCCCCCCCOC(C)S(=O)(=O)O. The maximum Gasteiger partial charge on any atom is 0.291 e. The number of rotatable bonds is 11. The molecule has 0 saturated carbocycles. The highest BCUT2D eigenvalue weighted by atomic mass is 32.2. The molecule has 5 heteroatoms. The lowest BCUT2D eigenvalue weighted by atomic mass is 10.1. The number of unbranched alkanes of at least 4 members (excludes halogenated alkanes) is 7. The zero-order valence-corrected chi connectivity index (χ0v) is 11.8. The highest BCUT2D eigenvalue weighted by Crippen LogP contribution is 2.09. The molecule has 0 aromatic heterocycles. The summed E-state index contributed by atoms with van der Waals surface area (Å²) in [4.78, 5) is 0. The summed E-state index contributed by atoms with van der Waals surface area (Å²) in [7, 11) is -4.03. The molecule has 0 saturated heterocycles. The average Bonchev–Trinajstić information content (AvgIpc) is 2.25. The van der Waals surface area contributed by atoms with E-state index >= 15 is 0 Å². The predicted octanol–water partition coefficient (Wildman–Crippen LogP) is 3.38. The molecule has 1 atom stereocenters. The minimum Gasteiger partial charge on any atom is -0.360 e. The Morgan fingerprint density at radius 2 is 1.47 bits per heavy atom. The van der Waals surface area contributed by atoms with E-state index in [9.17, 15) is 8.42 Å². The summed E-state index contributed by atoms with van der Waals surface area (Å²) in [5.74, 6) is 0. The fraction of sp³-hybridized carbons (Fsp3) is 1.00. The number of hydrogen-bond acceptors (Lipinski definition) is 3. The summed E-state index contributed by atoms with van der Waals surface area (Å²) in [5, 5.41) is 0. The first-order valence-corrected chi connectivity index (χ1v) is 8.06. The molecule has 1 unspecified atom stereocenters. The molecule has 0 aliphatic heterocycles. The molecule has 0 radical (unpaired) electrons. The van der Waals surface area contributed by atoms with Crippen LogP contribution in [0, 0.1) is 0 Å². The Hall–Kier alpha value is -0.130. The largest absolute Gasteiger partial charge is 0.360 e. The van der Waals surface area contributed by atoms with Crippen LogP contribution in [-0.4, -0.2) is 25.0 Å². The lowest BCUT2D eigenvalue weighted by Crippen LogP contribution is -2.20. The molecule has 0 aromatic carbocycles. The van der Waals surface area contributed by atoms with Crippen LogP contribution in [0.4, 0.5) is 0 Å². The van der Waals surface area contributed by atoms with E-state index in [1.54, 1.807) is 0 Å². The van der Waals surface area contributed by atoms with Crippen LogP contribution in [0.2, 0.25) is 0 Å². The molecule has 4 nitrogen and oxygen atoms in total.